The highest BCUT2D eigenvalue weighted by Gasteiger charge is 2.39. The Morgan fingerprint density at radius 3 is 2.26 bits per heavy atom. The third-order valence-corrected chi connectivity index (χ3v) is 9.15. The Bertz CT molecular complexity index is 1980. The van der Waals surface area contributed by atoms with E-state index in [-0.39, 0.29) is 5.41 Å². The molecular weight excluding hydrogens is 442 g/mol. The summed E-state index contributed by atoms with van der Waals surface area (Å²) in [4.78, 5) is 1.44. The van der Waals surface area contributed by atoms with Crippen molar-refractivity contribution in [1.82, 2.24) is 4.57 Å². The molecule has 0 spiro atoms. The van der Waals surface area contributed by atoms with Gasteiger partial charge in [0.25, 0.3) is 0 Å². The predicted octanol–water partition coefficient (Wildman–Crippen LogP) is 9.46. The van der Waals surface area contributed by atoms with Gasteiger partial charge in [-0.3, -0.25) is 0 Å². The SMILES string of the molecule is CC1(C)c2cc3c(cc2-c2sc4ccccc4c21)c1ccccc1n3-c1ccc2ccccc2c1. The molecule has 0 saturated carbocycles. The summed E-state index contributed by atoms with van der Waals surface area (Å²) in [5.74, 6) is 0. The molecule has 0 bridgehead atoms. The summed E-state index contributed by atoms with van der Waals surface area (Å²) in [5.41, 5.74) is 8.04. The van der Waals surface area contributed by atoms with Crippen molar-refractivity contribution in [2.45, 2.75) is 19.3 Å². The van der Waals surface area contributed by atoms with Crippen LogP contribution >= 0.6 is 11.3 Å². The van der Waals surface area contributed by atoms with Crippen LogP contribution in [-0.4, -0.2) is 4.57 Å². The van der Waals surface area contributed by atoms with E-state index in [1.807, 2.05) is 11.3 Å². The molecule has 1 aliphatic carbocycles. The van der Waals surface area contributed by atoms with Gasteiger partial charge < -0.3 is 4.57 Å². The van der Waals surface area contributed by atoms with Gasteiger partial charge in [-0.1, -0.05) is 80.6 Å². The Hall–Kier alpha value is -3.88. The zero-order valence-corrected chi connectivity index (χ0v) is 20.5. The van der Waals surface area contributed by atoms with Crippen LogP contribution in [0.15, 0.2) is 103 Å². The van der Waals surface area contributed by atoms with Gasteiger partial charge in [-0.15, -0.1) is 11.3 Å². The summed E-state index contributed by atoms with van der Waals surface area (Å²) in [7, 11) is 0. The van der Waals surface area contributed by atoms with Crippen molar-refractivity contribution in [3.05, 3.63) is 114 Å². The highest BCUT2D eigenvalue weighted by molar-refractivity contribution is 7.22. The van der Waals surface area contributed by atoms with Crippen LogP contribution in [0.3, 0.4) is 0 Å². The normalized spacial score (nSPS) is 14.2. The molecule has 35 heavy (non-hydrogen) atoms. The lowest BCUT2D eigenvalue weighted by atomic mass is 9.81. The summed E-state index contributed by atoms with van der Waals surface area (Å²) in [6.07, 6.45) is 0. The fourth-order valence-electron chi connectivity index (χ4n) is 6.30. The van der Waals surface area contributed by atoms with Crippen molar-refractivity contribution in [3.63, 3.8) is 0 Å². The molecule has 166 valence electrons. The number of thiophene rings is 1. The van der Waals surface area contributed by atoms with Gasteiger partial charge >= 0.3 is 0 Å². The molecule has 1 aliphatic rings. The third kappa shape index (κ3) is 2.47. The Labute approximate surface area is 207 Å². The van der Waals surface area contributed by atoms with Crippen molar-refractivity contribution in [2.75, 3.05) is 0 Å². The standard InChI is InChI=1S/C33H23NS/c1-33(2)27-19-29-25(18-26(27)32-31(33)24-12-6-8-14-30(24)35-32)23-11-5-7-13-28(23)34(29)22-16-15-20-9-3-4-10-21(20)17-22/h3-19H,1-2H3. The van der Waals surface area contributed by atoms with Gasteiger partial charge in [0.2, 0.25) is 0 Å². The molecule has 0 N–H and O–H groups in total. The van der Waals surface area contributed by atoms with Crippen LogP contribution in [0.4, 0.5) is 0 Å². The lowest BCUT2D eigenvalue weighted by molar-refractivity contribution is 0.668. The summed E-state index contributed by atoms with van der Waals surface area (Å²) < 4.78 is 3.84. The first kappa shape index (κ1) is 19.4. The second-order valence-corrected chi connectivity index (χ2v) is 11.3. The second-order valence-electron chi connectivity index (χ2n) is 10.2. The van der Waals surface area contributed by atoms with Crippen LogP contribution in [0.2, 0.25) is 0 Å². The molecule has 0 radical (unpaired) electrons. The van der Waals surface area contributed by atoms with E-state index in [2.05, 4.69) is 122 Å². The van der Waals surface area contributed by atoms with Crippen LogP contribution in [0.5, 0.6) is 0 Å². The molecule has 0 saturated heterocycles. The molecule has 0 unspecified atom stereocenters. The molecule has 5 aromatic carbocycles. The topological polar surface area (TPSA) is 4.93 Å². The summed E-state index contributed by atoms with van der Waals surface area (Å²) >= 11 is 1.94. The van der Waals surface area contributed by atoms with Crippen molar-refractivity contribution in [3.8, 4) is 16.1 Å². The van der Waals surface area contributed by atoms with Gasteiger partial charge in [0.1, 0.15) is 0 Å². The highest BCUT2D eigenvalue weighted by atomic mass is 32.1. The van der Waals surface area contributed by atoms with Gasteiger partial charge in [-0.2, -0.15) is 0 Å². The minimum Gasteiger partial charge on any atom is -0.309 e. The van der Waals surface area contributed by atoms with Crippen LogP contribution in [0.1, 0.15) is 25.0 Å². The van der Waals surface area contributed by atoms with Crippen LogP contribution in [-0.2, 0) is 5.41 Å². The molecule has 0 aliphatic heterocycles. The maximum atomic E-state index is 2.47. The fourth-order valence-corrected chi connectivity index (χ4v) is 7.70. The van der Waals surface area contributed by atoms with E-state index in [1.54, 1.807) is 0 Å². The van der Waals surface area contributed by atoms with Crippen LogP contribution < -0.4 is 0 Å². The number of hydrogen-bond acceptors (Lipinski definition) is 1. The zero-order chi connectivity index (χ0) is 23.3. The third-order valence-electron chi connectivity index (χ3n) is 7.94. The number of rotatable bonds is 1. The van der Waals surface area contributed by atoms with E-state index in [0.29, 0.717) is 0 Å². The first-order chi connectivity index (χ1) is 17.1. The van der Waals surface area contributed by atoms with Crippen molar-refractivity contribution in [1.29, 1.82) is 0 Å². The molecule has 8 rings (SSSR count). The van der Waals surface area contributed by atoms with E-state index >= 15 is 0 Å². The Morgan fingerprint density at radius 1 is 0.629 bits per heavy atom. The molecule has 0 fully saturated rings. The lowest BCUT2D eigenvalue weighted by Crippen LogP contribution is -2.15. The number of aromatic nitrogens is 1. The molecule has 2 heterocycles. The Morgan fingerprint density at radius 2 is 1.37 bits per heavy atom. The number of para-hydroxylation sites is 1. The quantitative estimate of drug-likeness (QED) is 0.227. The van der Waals surface area contributed by atoms with Gasteiger partial charge in [-0.25, -0.2) is 0 Å². The van der Waals surface area contributed by atoms with Crippen LogP contribution in [0, 0.1) is 0 Å². The van der Waals surface area contributed by atoms with E-state index in [4.69, 9.17) is 0 Å². The van der Waals surface area contributed by atoms with Crippen molar-refractivity contribution < 1.29 is 0 Å². The number of hydrogen-bond donors (Lipinski definition) is 0. The van der Waals surface area contributed by atoms with Crippen molar-refractivity contribution >= 4 is 54.0 Å². The second kappa shape index (κ2) is 6.62. The first-order valence-corrected chi connectivity index (χ1v) is 13.0. The number of fused-ring (bicyclic) bond motifs is 9. The van der Waals surface area contributed by atoms with Gasteiger partial charge in [0.05, 0.1) is 11.0 Å². The molecule has 2 heteroatoms. The van der Waals surface area contributed by atoms with Gasteiger partial charge in [0, 0.05) is 31.5 Å². The summed E-state index contributed by atoms with van der Waals surface area (Å²) in [6.45, 7) is 4.79. The van der Waals surface area contributed by atoms with Crippen LogP contribution in [0.25, 0.3) is 58.8 Å². The average Bonchev–Trinajstić information content (AvgIpc) is 3.50. The minimum atomic E-state index is -0.0386. The number of benzene rings is 5. The summed E-state index contributed by atoms with van der Waals surface area (Å²) in [5, 5.41) is 6.58. The molecule has 7 aromatic rings. The molecular formula is C33H23NS. The van der Waals surface area contributed by atoms with Crippen molar-refractivity contribution in [2.24, 2.45) is 0 Å². The lowest BCUT2D eigenvalue weighted by Gasteiger charge is -2.22. The monoisotopic (exact) mass is 465 g/mol. The molecule has 2 aromatic heterocycles. The predicted molar refractivity (Wildman–Crippen MR) is 151 cm³/mol. The Balaban J connectivity index is 1.49. The van der Waals surface area contributed by atoms with E-state index in [0.717, 1.165) is 0 Å². The van der Waals surface area contributed by atoms with Gasteiger partial charge in [0.15, 0.2) is 0 Å². The molecule has 1 nitrogen and oxygen atoms in total. The first-order valence-electron chi connectivity index (χ1n) is 12.2. The van der Waals surface area contributed by atoms with Gasteiger partial charge in [-0.05, 0) is 69.2 Å². The highest BCUT2D eigenvalue weighted by Crippen LogP contribution is 2.56. The molecule has 0 atom stereocenters. The summed E-state index contributed by atoms with van der Waals surface area (Å²) in [6, 6.07) is 38.1. The zero-order valence-electron chi connectivity index (χ0n) is 19.7. The maximum Gasteiger partial charge on any atom is 0.0544 e. The van der Waals surface area contributed by atoms with E-state index in [9.17, 15) is 0 Å². The average molecular weight is 466 g/mol. The smallest absolute Gasteiger partial charge is 0.0544 e. The van der Waals surface area contributed by atoms with E-state index in [1.165, 1.54) is 69.9 Å². The fraction of sp³-hybridized carbons (Fsp3) is 0.0909. The number of nitrogens with zero attached hydrogens (tertiary/aromatic N) is 1. The Kier molecular flexibility index (Phi) is 3.67. The maximum absolute atomic E-state index is 2.47. The van der Waals surface area contributed by atoms with E-state index < -0.39 is 0 Å². The largest absolute Gasteiger partial charge is 0.309 e. The molecule has 0 amide bonds. The minimum absolute atomic E-state index is 0.0386.